The second kappa shape index (κ2) is 34.2. The molecule has 0 radical (unpaired) electrons. The third-order valence-corrected chi connectivity index (χ3v) is 28.4. The number of nitrogens with zero attached hydrogens (tertiary/aromatic N) is 9. The van der Waals surface area contributed by atoms with E-state index in [9.17, 15) is 0 Å². The molecule has 0 aliphatic rings. The van der Waals surface area contributed by atoms with E-state index in [2.05, 4.69) is 352 Å². The average molecular weight is 1800 g/mol. The van der Waals surface area contributed by atoms with Gasteiger partial charge in [0.1, 0.15) is 22.3 Å². The van der Waals surface area contributed by atoms with Crippen molar-refractivity contribution in [3.8, 4) is 136 Å². The summed E-state index contributed by atoms with van der Waals surface area (Å²) in [5.41, 5.74) is 18.9. The Morgan fingerprint density at radius 3 is 1.19 bits per heavy atom. The van der Waals surface area contributed by atoms with Crippen LogP contribution in [-0.4, -0.2) is 44.9 Å². The summed E-state index contributed by atoms with van der Waals surface area (Å²) < 4.78 is 17.9. The van der Waals surface area contributed by atoms with Gasteiger partial charge in [-0.1, -0.05) is 382 Å². The number of thiophene rings is 2. The van der Waals surface area contributed by atoms with Crippen LogP contribution in [0.1, 0.15) is 0 Å². The largest absolute Gasteiger partial charge is 0.456 e. The van der Waals surface area contributed by atoms with Gasteiger partial charge in [0.15, 0.2) is 52.4 Å². The smallest absolute Gasteiger partial charge is 0.165 e. The summed E-state index contributed by atoms with van der Waals surface area (Å²) in [7, 11) is 0. The predicted molar refractivity (Wildman–Crippen MR) is 573 cm³/mol. The van der Waals surface area contributed by atoms with Crippen LogP contribution in [0.5, 0.6) is 0 Å². The SMILES string of the molecule is c1ccc(-c2ccc3oc4cccc(-c5nc(-c6ccccc6)nc(-c6ccc7oc8cc9ccccc9c(-c9ccccc9)c8c7c6)n5)c4c3c2)cc1.c1ccc(-c2nc(-c3ccc4ccccc4c3)nc(-c3c4ccccc4cc4sc5c(-c6ccccc6)cccc5c34)n2)cc1.c1ccc(-c2nc(-c3cccc4ccccc34)nc(-c3cccc4sc5cc6ccccc6cc5c34)n2)cc1. The first kappa shape index (κ1) is 80.8. The molecule has 0 saturated carbocycles. The molecule has 0 spiro atoms. The van der Waals surface area contributed by atoms with Crippen molar-refractivity contribution in [2.24, 2.45) is 0 Å². The maximum atomic E-state index is 6.56. The molecule has 28 rings (SSSR count). The van der Waals surface area contributed by atoms with Gasteiger partial charge in [0.25, 0.3) is 0 Å². The predicted octanol–water partition coefficient (Wildman–Crippen LogP) is 33.9. The van der Waals surface area contributed by atoms with Gasteiger partial charge in [-0.2, -0.15) is 0 Å². The van der Waals surface area contributed by atoms with Crippen LogP contribution in [0.2, 0.25) is 0 Å². The molecule has 0 saturated heterocycles. The van der Waals surface area contributed by atoms with E-state index in [1.54, 1.807) is 0 Å². The Hall–Kier alpha value is -18.0. The topological polar surface area (TPSA) is 142 Å². The average Bonchev–Trinajstić information content (AvgIpc) is 1.56. The van der Waals surface area contributed by atoms with Crippen LogP contribution in [0, 0.1) is 0 Å². The number of furan rings is 2. The standard InChI is InChI=1S/C49H29N3O2.C41H25N3S.C35H21N3S/c1-4-13-30(14-5-1)33-23-25-40-38(27-33)45-37(21-12-22-42(45)53-40)49-51-47(32-17-8-3-9-18-32)50-48(52-49)35-24-26-41-39(28-35)46-43(54-41)29-34-19-10-11-20-36(34)44(46)31-15-6-2-7-16-31;1-3-13-27(14-4-1)33-20-11-21-34-36-35(45-38(33)34)25-30-18-9-10-19-32(30)37(36)41-43-39(28-15-5-2-6-16-28)42-40(44-41)31-23-22-26-12-7-8-17-29(26)24-31;1-2-11-23(12-3-1)33-36-34(27-17-8-15-22-10-6-7-16-26(22)27)38-35(37-33)28-18-9-19-30-32(28)29-20-24-13-4-5-14-25(24)21-31(29)39-30/h1-29H;1-25H;1-21H. The molecular formula is C125H75N9O2S2. The lowest BCUT2D eigenvalue weighted by molar-refractivity contribution is 0.669. The van der Waals surface area contributed by atoms with E-state index < -0.39 is 0 Å². The Morgan fingerprint density at radius 1 is 0.152 bits per heavy atom. The van der Waals surface area contributed by atoms with E-state index in [0.29, 0.717) is 52.4 Å². The summed E-state index contributed by atoms with van der Waals surface area (Å²) in [5.74, 6) is 5.78. The quantitative estimate of drug-likeness (QED) is 0.115. The third kappa shape index (κ3) is 14.7. The molecular weight excluding hydrogens is 1720 g/mol. The molecule has 0 unspecified atom stereocenters. The molecule has 0 atom stereocenters. The van der Waals surface area contributed by atoms with Gasteiger partial charge in [-0.25, -0.2) is 44.9 Å². The fourth-order valence-corrected chi connectivity index (χ4v) is 22.1. The number of fused-ring (bicyclic) bond motifs is 17. The van der Waals surface area contributed by atoms with Crippen molar-refractivity contribution in [1.82, 2.24) is 44.9 Å². The first-order valence-electron chi connectivity index (χ1n) is 46.0. The number of benzene rings is 21. The lowest BCUT2D eigenvalue weighted by atomic mass is 9.93. The van der Waals surface area contributed by atoms with Crippen molar-refractivity contribution in [1.29, 1.82) is 0 Å². The summed E-state index contributed by atoms with van der Waals surface area (Å²) in [6.07, 6.45) is 0. The third-order valence-electron chi connectivity index (χ3n) is 26.1. The highest BCUT2D eigenvalue weighted by molar-refractivity contribution is 7.26. The fourth-order valence-electron chi connectivity index (χ4n) is 19.6. The summed E-state index contributed by atoms with van der Waals surface area (Å²) in [5, 5.41) is 20.6. The maximum absolute atomic E-state index is 6.56. The fraction of sp³-hybridized carbons (Fsp3) is 0. The minimum absolute atomic E-state index is 0.574. The molecule has 21 aromatic carbocycles. The first-order chi connectivity index (χ1) is 68.4. The molecule has 11 nitrogen and oxygen atoms in total. The molecule has 0 bridgehead atoms. The van der Waals surface area contributed by atoms with Gasteiger partial charge in [-0.3, -0.25) is 0 Å². The molecule has 0 aliphatic heterocycles. The van der Waals surface area contributed by atoms with E-state index in [4.69, 9.17) is 53.7 Å². The summed E-state index contributed by atoms with van der Waals surface area (Å²) in [6.45, 7) is 0. The second-order valence-electron chi connectivity index (χ2n) is 34.5. The Morgan fingerprint density at radius 2 is 0.551 bits per heavy atom. The second-order valence-corrected chi connectivity index (χ2v) is 36.6. The highest BCUT2D eigenvalue weighted by Crippen LogP contribution is 2.50. The summed E-state index contributed by atoms with van der Waals surface area (Å²) in [6, 6.07) is 158. The molecule has 28 aromatic rings. The zero-order valence-corrected chi connectivity index (χ0v) is 75.6. The van der Waals surface area contributed by atoms with Gasteiger partial charge in [-0.05, 0) is 154 Å². The molecule has 644 valence electrons. The van der Waals surface area contributed by atoms with Crippen LogP contribution in [0.4, 0.5) is 0 Å². The van der Waals surface area contributed by atoms with Gasteiger partial charge in [0.2, 0.25) is 0 Å². The van der Waals surface area contributed by atoms with Crippen molar-refractivity contribution in [2.45, 2.75) is 0 Å². The molecule has 0 amide bonds. The molecule has 138 heavy (non-hydrogen) atoms. The van der Waals surface area contributed by atoms with Gasteiger partial charge >= 0.3 is 0 Å². The molecule has 0 N–H and O–H groups in total. The minimum Gasteiger partial charge on any atom is -0.456 e. The van der Waals surface area contributed by atoms with Gasteiger partial charge in [-0.15, -0.1) is 22.7 Å². The summed E-state index contributed by atoms with van der Waals surface area (Å²) in [4.78, 5) is 46.2. The zero-order chi connectivity index (χ0) is 91.1. The van der Waals surface area contributed by atoms with Crippen molar-refractivity contribution in [3.63, 3.8) is 0 Å². The zero-order valence-electron chi connectivity index (χ0n) is 74.0. The van der Waals surface area contributed by atoms with Crippen molar-refractivity contribution >= 4 is 161 Å². The molecule has 7 heterocycles. The maximum Gasteiger partial charge on any atom is 0.165 e. The summed E-state index contributed by atoms with van der Waals surface area (Å²) >= 11 is 3.66. The van der Waals surface area contributed by atoms with Crippen LogP contribution >= 0.6 is 22.7 Å². The molecule has 13 heteroatoms. The van der Waals surface area contributed by atoms with Gasteiger partial charge in [0, 0.05) is 118 Å². The normalized spacial score (nSPS) is 11.6. The Bertz CT molecular complexity index is 9670. The van der Waals surface area contributed by atoms with E-state index in [-0.39, 0.29) is 0 Å². The Kier molecular flexibility index (Phi) is 20.0. The number of hydrogen-bond donors (Lipinski definition) is 0. The Balaban J connectivity index is 0.000000108. The van der Waals surface area contributed by atoms with Crippen LogP contribution in [-0.2, 0) is 0 Å². The number of rotatable bonds is 12. The van der Waals surface area contributed by atoms with Crippen molar-refractivity contribution in [2.75, 3.05) is 0 Å². The highest BCUT2D eigenvalue weighted by Gasteiger charge is 2.27. The van der Waals surface area contributed by atoms with Gasteiger partial charge < -0.3 is 8.83 Å². The molecule has 0 aliphatic carbocycles. The van der Waals surface area contributed by atoms with Crippen LogP contribution in [0.25, 0.3) is 274 Å². The number of hydrogen-bond acceptors (Lipinski definition) is 13. The van der Waals surface area contributed by atoms with E-state index in [1.165, 1.54) is 78.4 Å². The van der Waals surface area contributed by atoms with Crippen LogP contribution in [0.15, 0.2) is 464 Å². The van der Waals surface area contributed by atoms with Gasteiger partial charge in [0.05, 0.1) is 0 Å². The van der Waals surface area contributed by atoms with E-state index in [0.717, 1.165) is 143 Å². The monoisotopic (exact) mass is 1800 g/mol. The van der Waals surface area contributed by atoms with Crippen molar-refractivity contribution in [3.05, 3.63) is 455 Å². The van der Waals surface area contributed by atoms with E-state index >= 15 is 0 Å². The number of aromatic nitrogens is 9. The van der Waals surface area contributed by atoms with Crippen molar-refractivity contribution < 1.29 is 8.83 Å². The molecule has 7 aromatic heterocycles. The van der Waals surface area contributed by atoms with E-state index in [1.807, 2.05) is 126 Å². The van der Waals surface area contributed by atoms with Crippen LogP contribution in [0.3, 0.4) is 0 Å². The Labute approximate surface area is 799 Å². The lowest BCUT2D eigenvalue weighted by Crippen LogP contribution is -2.01. The minimum atomic E-state index is 0.574. The van der Waals surface area contributed by atoms with Crippen LogP contribution < -0.4 is 0 Å². The highest BCUT2D eigenvalue weighted by atomic mass is 32.1. The lowest BCUT2D eigenvalue weighted by Gasteiger charge is -2.12. The molecule has 0 fully saturated rings. The first-order valence-corrected chi connectivity index (χ1v) is 47.6.